The lowest BCUT2D eigenvalue weighted by molar-refractivity contribution is 0.0731. The molecule has 0 radical (unpaired) electrons. The van der Waals surface area contributed by atoms with Crippen LogP contribution in [0, 0.1) is 17.1 Å². The smallest absolute Gasteiger partial charge is 0.347 e. The van der Waals surface area contributed by atoms with Gasteiger partial charge in [-0.25, -0.2) is 9.18 Å². The summed E-state index contributed by atoms with van der Waals surface area (Å²) in [5.74, 6) is -0.596. The van der Waals surface area contributed by atoms with Crippen molar-refractivity contribution in [1.82, 2.24) is 0 Å². The Balaban J connectivity index is 1.69. The van der Waals surface area contributed by atoms with E-state index >= 15 is 0 Å². The molecule has 0 aliphatic carbocycles. The molecule has 7 heteroatoms. The first-order valence-corrected chi connectivity index (χ1v) is 9.34. The molecule has 3 aromatic carbocycles. The molecular formula is C24H17FN2O4. The zero-order valence-electron chi connectivity index (χ0n) is 16.5. The number of esters is 1. The van der Waals surface area contributed by atoms with Crippen molar-refractivity contribution in [3.63, 3.8) is 0 Å². The van der Waals surface area contributed by atoms with Gasteiger partial charge in [-0.05, 0) is 35.9 Å². The van der Waals surface area contributed by atoms with E-state index in [9.17, 15) is 14.4 Å². The number of nitrogens with two attached hydrogens (primary N) is 1. The van der Waals surface area contributed by atoms with Gasteiger partial charge in [-0.3, -0.25) is 0 Å². The second kappa shape index (κ2) is 8.20. The van der Waals surface area contributed by atoms with Gasteiger partial charge in [-0.2, -0.15) is 5.26 Å². The number of carbonyl (C=O) groups is 1. The SMILES string of the molecule is COc1ccccc1C(=O)Oc1ccc2c(c1)OC(N)=C(C#N)C2c1ccc(F)cc1. The van der Waals surface area contributed by atoms with E-state index in [-0.39, 0.29) is 28.6 Å². The fraction of sp³-hybridized carbons (Fsp3) is 0.0833. The summed E-state index contributed by atoms with van der Waals surface area (Å²) in [6, 6.07) is 19.4. The molecule has 4 rings (SSSR count). The monoisotopic (exact) mass is 416 g/mol. The standard InChI is InChI=1S/C24H17FN2O4/c1-29-20-5-3-2-4-18(20)24(28)30-16-10-11-17-21(12-16)31-23(27)19(13-26)22(17)14-6-8-15(25)9-7-14/h2-12,22H,27H2,1H3. The van der Waals surface area contributed by atoms with E-state index < -0.39 is 11.9 Å². The lowest BCUT2D eigenvalue weighted by Crippen LogP contribution is -2.21. The van der Waals surface area contributed by atoms with Crippen LogP contribution in [0.3, 0.4) is 0 Å². The Labute approximate surface area is 177 Å². The van der Waals surface area contributed by atoms with E-state index in [1.807, 2.05) is 0 Å². The molecule has 0 fully saturated rings. The summed E-state index contributed by atoms with van der Waals surface area (Å²) in [7, 11) is 1.47. The number of hydrogen-bond acceptors (Lipinski definition) is 6. The molecular weight excluding hydrogens is 399 g/mol. The van der Waals surface area contributed by atoms with E-state index in [2.05, 4.69) is 6.07 Å². The molecule has 0 aromatic heterocycles. The number of benzene rings is 3. The van der Waals surface area contributed by atoms with Crippen molar-refractivity contribution >= 4 is 5.97 Å². The van der Waals surface area contributed by atoms with Gasteiger partial charge in [0, 0.05) is 11.6 Å². The van der Waals surface area contributed by atoms with Gasteiger partial charge in [-0.15, -0.1) is 0 Å². The van der Waals surface area contributed by atoms with Crippen LogP contribution in [-0.4, -0.2) is 13.1 Å². The number of nitrogens with zero attached hydrogens (tertiary/aromatic N) is 1. The van der Waals surface area contributed by atoms with Crippen LogP contribution in [0.15, 0.2) is 78.2 Å². The highest BCUT2D eigenvalue weighted by atomic mass is 19.1. The number of nitriles is 1. The number of carbonyl (C=O) groups excluding carboxylic acids is 1. The molecule has 1 aliphatic heterocycles. The molecule has 3 aromatic rings. The van der Waals surface area contributed by atoms with Gasteiger partial charge in [0.25, 0.3) is 0 Å². The van der Waals surface area contributed by atoms with Gasteiger partial charge < -0.3 is 19.9 Å². The van der Waals surface area contributed by atoms with Crippen LogP contribution in [0.4, 0.5) is 4.39 Å². The third kappa shape index (κ3) is 3.79. The van der Waals surface area contributed by atoms with Crippen LogP contribution in [-0.2, 0) is 0 Å². The largest absolute Gasteiger partial charge is 0.496 e. The number of ether oxygens (including phenoxy) is 3. The molecule has 154 valence electrons. The van der Waals surface area contributed by atoms with Gasteiger partial charge in [-0.1, -0.05) is 30.3 Å². The zero-order chi connectivity index (χ0) is 22.0. The minimum absolute atomic E-state index is 0.0578. The molecule has 0 spiro atoms. The van der Waals surface area contributed by atoms with Crippen LogP contribution in [0.5, 0.6) is 17.2 Å². The molecule has 0 saturated carbocycles. The average Bonchev–Trinajstić information content (AvgIpc) is 2.78. The Morgan fingerprint density at radius 2 is 1.87 bits per heavy atom. The van der Waals surface area contributed by atoms with E-state index in [1.54, 1.807) is 48.5 Å². The van der Waals surface area contributed by atoms with Gasteiger partial charge in [0.05, 0.1) is 13.0 Å². The number of allylic oxidation sites excluding steroid dienone is 1. The molecule has 2 N–H and O–H groups in total. The number of methoxy groups -OCH3 is 1. The van der Waals surface area contributed by atoms with E-state index in [4.69, 9.17) is 19.9 Å². The zero-order valence-corrected chi connectivity index (χ0v) is 16.5. The minimum atomic E-state index is -0.593. The molecule has 31 heavy (non-hydrogen) atoms. The molecule has 6 nitrogen and oxygen atoms in total. The first-order valence-electron chi connectivity index (χ1n) is 9.34. The van der Waals surface area contributed by atoms with Crippen LogP contribution < -0.4 is 19.9 Å². The van der Waals surface area contributed by atoms with Crippen molar-refractivity contribution in [3.8, 4) is 23.3 Å². The summed E-state index contributed by atoms with van der Waals surface area (Å²) < 4.78 is 29.7. The maximum atomic E-state index is 13.4. The summed E-state index contributed by atoms with van der Waals surface area (Å²) in [6.45, 7) is 0. The second-order valence-corrected chi connectivity index (χ2v) is 6.77. The van der Waals surface area contributed by atoms with Crippen molar-refractivity contribution in [3.05, 3.63) is 101 Å². The molecule has 0 saturated heterocycles. The second-order valence-electron chi connectivity index (χ2n) is 6.77. The Bertz CT molecular complexity index is 1230. The van der Waals surface area contributed by atoms with Crippen molar-refractivity contribution in [2.24, 2.45) is 5.73 Å². The fourth-order valence-electron chi connectivity index (χ4n) is 3.47. The van der Waals surface area contributed by atoms with Crippen LogP contribution in [0.1, 0.15) is 27.4 Å². The summed E-state index contributed by atoms with van der Waals surface area (Å²) in [5.41, 5.74) is 7.81. The fourth-order valence-corrected chi connectivity index (χ4v) is 3.47. The maximum Gasteiger partial charge on any atom is 0.347 e. The van der Waals surface area contributed by atoms with Crippen LogP contribution in [0.2, 0.25) is 0 Å². The normalized spacial score (nSPS) is 14.8. The lowest BCUT2D eigenvalue weighted by Gasteiger charge is -2.26. The number of rotatable bonds is 4. The first kappa shape index (κ1) is 20.0. The Hall–Kier alpha value is -4.31. The van der Waals surface area contributed by atoms with Gasteiger partial charge in [0.15, 0.2) is 0 Å². The number of para-hydroxylation sites is 1. The molecule has 1 unspecified atom stereocenters. The van der Waals surface area contributed by atoms with Gasteiger partial charge >= 0.3 is 5.97 Å². The summed E-state index contributed by atoms with van der Waals surface area (Å²) in [5, 5.41) is 9.60. The van der Waals surface area contributed by atoms with E-state index in [1.165, 1.54) is 25.3 Å². The third-order valence-electron chi connectivity index (χ3n) is 4.93. The highest BCUT2D eigenvalue weighted by Gasteiger charge is 2.31. The number of halogens is 1. The topological polar surface area (TPSA) is 94.6 Å². The highest BCUT2D eigenvalue weighted by Crippen LogP contribution is 2.43. The maximum absolute atomic E-state index is 13.4. The van der Waals surface area contributed by atoms with Crippen LogP contribution >= 0.6 is 0 Å². The van der Waals surface area contributed by atoms with Gasteiger partial charge in [0.2, 0.25) is 5.88 Å². The predicted molar refractivity (Wildman–Crippen MR) is 110 cm³/mol. The van der Waals surface area contributed by atoms with Crippen molar-refractivity contribution < 1.29 is 23.4 Å². The van der Waals surface area contributed by atoms with Crippen molar-refractivity contribution in [2.45, 2.75) is 5.92 Å². The van der Waals surface area contributed by atoms with Crippen molar-refractivity contribution in [1.29, 1.82) is 5.26 Å². The average molecular weight is 416 g/mol. The summed E-state index contributed by atoms with van der Waals surface area (Å²) >= 11 is 0. The molecule has 1 aliphatic rings. The molecule has 0 bridgehead atoms. The molecule has 1 atom stereocenters. The molecule has 1 heterocycles. The number of fused-ring (bicyclic) bond motifs is 1. The highest BCUT2D eigenvalue weighted by molar-refractivity contribution is 5.94. The first-order chi connectivity index (χ1) is 15.0. The number of hydrogen-bond donors (Lipinski definition) is 1. The predicted octanol–water partition coefficient (Wildman–Crippen LogP) is 4.27. The quantitative estimate of drug-likeness (QED) is 0.504. The Morgan fingerprint density at radius 1 is 1.13 bits per heavy atom. The molecule has 0 amide bonds. The van der Waals surface area contributed by atoms with Crippen LogP contribution in [0.25, 0.3) is 0 Å². The summed E-state index contributed by atoms with van der Waals surface area (Å²) in [6.07, 6.45) is 0. The Kier molecular flexibility index (Phi) is 5.29. The van der Waals surface area contributed by atoms with E-state index in [0.29, 0.717) is 22.6 Å². The van der Waals surface area contributed by atoms with Gasteiger partial charge in [0.1, 0.15) is 40.3 Å². The summed E-state index contributed by atoms with van der Waals surface area (Å²) in [4.78, 5) is 12.6. The minimum Gasteiger partial charge on any atom is -0.496 e. The lowest BCUT2D eigenvalue weighted by atomic mass is 9.83. The van der Waals surface area contributed by atoms with E-state index in [0.717, 1.165) is 0 Å². The third-order valence-corrected chi connectivity index (χ3v) is 4.93. The Morgan fingerprint density at radius 3 is 2.58 bits per heavy atom. The van der Waals surface area contributed by atoms with Crippen molar-refractivity contribution in [2.75, 3.05) is 7.11 Å².